The van der Waals surface area contributed by atoms with Gasteiger partial charge in [-0.15, -0.1) is 0 Å². The summed E-state index contributed by atoms with van der Waals surface area (Å²) < 4.78 is 6.56. The van der Waals surface area contributed by atoms with Gasteiger partial charge in [0.2, 0.25) is 0 Å². The second-order valence-electron chi connectivity index (χ2n) is 6.01. The molecule has 0 unspecified atom stereocenters. The van der Waals surface area contributed by atoms with Gasteiger partial charge in [0.1, 0.15) is 11.3 Å². The number of anilines is 1. The number of amides is 2. The molecule has 1 heterocycles. The number of nitrogen functional groups attached to an aromatic ring is 1. The number of nitrogens with one attached hydrogen (secondary N) is 2. The van der Waals surface area contributed by atoms with Gasteiger partial charge in [0, 0.05) is 20.1 Å². The van der Waals surface area contributed by atoms with Crippen LogP contribution in [0.25, 0.3) is 0 Å². The highest BCUT2D eigenvalue weighted by Crippen LogP contribution is 2.14. The quantitative estimate of drug-likeness (QED) is 0.701. The molecular formula is C14H25N5O3. The Labute approximate surface area is 130 Å². The number of alkyl carbamates (subject to hydrolysis) is 1. The number of carbonyl (C=O) groups excluding carboxylic acids is 2. The second kappa shape index (κ2) is 7.15. The zero-order valence-corrected chi connectivity index (χ0v) is 13.8. The van der Waals surface area contributed by atoms with E-state index >= 15 is 0 Å². The van der Waals surface area contributed by atoms with Gasteiger partial charge in [-0.2, -0.15) is 5.10 Å². The minimum atomic E-state index is -0.521. The maximum absolute atomic E-state index is 12.0. The highest BCUT2D eigenvalue weighted by Gasteiger charge is 2.17. The predicted molar refractivity (Wildman–Crippen MR) is 83.5 cm³/mol. The highest BCUT2D eigenvalue weighted by atomic mass is 16.6. The number of rotatable bonds is 5. The maximum Gasteiger partial charge on any atom is 0.407 e. The van der Waals surface area contributed by atoms with Gasteiger partial charge in [-0.3, -0.25) is 9.48 Å². The third-order valence-electron chi connectivity index (χ3n) is 2.79. The van der Waals surface area contributed by atoms with E-state index in [2.05, 4.69) is 15.7 Å². The van der Waals surface area contributed by atoms with Crippen molar-refractivity contribution < 1.29 is 14.3 Å². The summed E-state index contributed by atoms with van der Waals surface area (Å²) in [5, 5.41) is 9.46. The Morgan fingerprint density at radius 2 is 1.86 bits per heavy atom. The van der Waals surface area contributed by atoms with Gasteiger partial charge >= 0.3 is 6.09 Å². The van der Waals surface area contributed by atoms with E-state index in [9.17, 15) is 9.59 Å². The molecule has 0 fully saturated rings. The summed E-state index contributed by atoms with van der Waals surface area (Å²) in [5.74, 6) is -0.280. The van der Waals surface area contributed by atoms with Gasteiger partial charge in [-0.1, -0.05) is 0 Å². The fraction of sp³-hybridized carbons (Fsp3) is 0.643. The van der Waals surface area contributed by atoms with Crippen molar-refractivity contribution >= 4 is 17.7 Å². The van der Waals surface area contributed by atoms with E-state index in [0.29, 0.717) is 36.6 Å². The molecular weight excluding hydrogens is 286 g/mol. The summed E-state index contributed by atoms with van der Waals surface area (Å²) in [4.78, 5) is 23.4. The number of carbonyl (C=O) groups is 2. The Kier molecular flexibility index (Phi) is 5.78. The van der Waals surface area contributed by atoms with Crippen molar-refractivity contribution in [2.24, 2.45) is 7.05 Å². The molecule has 1 rings (SSSR count). The van der Waals surface area contributed by atoms with Gasteiger partial charge < -0.3 is 21.1 Å². The molecule has 0 aliphatic heterocycles. The molecule has 2 amide bonds. The number of nitrogens with zero attached hydrogens (tertiary/aromatic N) is 2. The molecule has 0 radical (unpaired) electrons. The average Bonchev–Trinajstić information content (AvgIpc) is 2.60. The molecule has 124 valence electrons. The number of hydrogen-bond acceptors (Lipinski definition) is 5. The first-order valence-electron chi connectivity index (χ1n) is 7.16. The Bertz CT molecular complexity index is 545. The zero-order chi connectivity index (χ0) is 16.9. The molecule has 0 aromatic carbocycles. The SMILES string of the molecule is Cc1nn(C)c(C(=O)NCCCNC(=O)OC(C)(C)C)c1N. The van der Waals surface area contributed by atoms with Crippen LogP contribution in [0.2, 0.25) is 0 Å². The molecule has 22 heavy (non-hydrogen) atoms. The van der Waals surface area contributed by atoms with E-state index in [1.54, 1.807) is 34.7 Å². The minimum Gasteiger partial charge on any atom is -0.444 e. The van der Waals surface area contributed by atoms with Crippen molar-refractivity contribution in [1.82, 2.24) is 20.4 Å². The lowest BCUT2D eigenvalue weighted by Crippen LogP contribution is -2.34. The molecule has 0 spiro atoms. The van der Waals surface area contributed by atoms with Crippen molar-refractivity contribution in [3.05, 3.63) is 11.4 Å². The standard InChI is InChI=1S/C14H25N5O3/c1-9-10(15)11(19(5)18-9)12(20)16-7-6-8-17-13(21)22-14(2,3)4/h6-8,15H2,1-5H3,(H,16,20)(H,17,21). The smallest absolute Gasteiger partial charge is 0.407 e. The zero-order valence-electron chi connectivity index (χ0n) is 13.8. The van der Waals surface area contributed by atoms with E-state index in [-0.39, 0.29) is 5.91 Å². The van der Waals surface area contributed by atoms with Crippen molar-refractivity contribution in [2.45, 2.75) is 39.7 Å². The molecule has 4 N–H and O–H groups in total. The average molecular weight is 311 g/mol. The molecule has 8 heteroatoms. The van der Waals surface area contributed by atoms with Gasteiger partial charge in [0.05, 0.1) is 11.4 Å². The van der Waals surface area contributed by atoms with Crippen LogP contribution in [0.1, 0.15) is 43.4 Å². The third kappa shape index (κ3) is 5.27. The Hall–Kier alpha value is -2.25. The summed E-state index contributed by atoms with van der Waals surface area (Å²) >= 11 is 0. The van der Waals surface area contributed by atoms with Crippen molar-refractivity contribution in [3.8, 4) is 0 Å². The van der Waals surface area contributed by atoms with Gasteiger partial charge in [-0.05, 0) is 34.1 Å². The molecule has 0 atom stereocenters. The first kappa shape index (κ1) is 17.8. The molecule has 0 saturated carbocycles. The van der Waals surface area contributed by atoms with Crippen LogP contribution < -0.4 is 16.4 Å². The summed E-state index contributed by atoms with van der Waals surface area (Å²) in [5.41, 5.74) is 6.65. The van der Waals surface area contributed by atoms with E-state index < -0.39 is 11.7 Å². The summed E-state index contributed by atoms with van der Waals surface area (Å²) in [7, 11) is 1.67. The maximum atomic E-state index is 12.0. The topological polar surface area (TPSA) is 111 Å². The summed E-state index contributed by atoms with van der Waals surface area (Å²) in [6.45, 7) is 7.97. The summed E-state index contributed by atoms with van der Waals surface area (Å²) in [6, 6.07) is 0. The lowest BCUT2D eigenvalue weighted by Gasteiger charge is -2.19. The molecule has 1 aromatic heterocycles. The Morgan fingerprint density at radius 1 is 1.27 bits per heavy atom. The van der Waals surface area contributed by atoms with Crippen molar-refractivity contribution in [1.29, 1.82) is 0 Å². The molecule has 1 aromatic rings. The fourth-order valence-electron chi connectivity index (χ4n) is 1.82. The van der Waals surface area contributed by atoms with E-state index in [1.807, 2.05) is 0 Å². The number of hydrogen-bond donors (Lipinski definition) is 3. The first-order chi connectivity index (χ1) is 10.1. The monoisotopic (exact) mass is 311 g/mol. The molecule has 0 aliphatic rings. The minimum absolute atomic E-state index is 0.280. The van der Waals surface area contributed by atoms with Crippen LogP contribution in [-0.4, -0.2) is 40.5 Å². The molecule has 0 aliphatic carbocycles. The number of aryl methyl sites for hydroxylation is 2. The van der Waals surface area contributed by atoms with Gasteiger partial charge in [-0.25, -0.2) is 4.79 Å². The summed E-state index contributed by atoms with van der Waals surface area (Å²) in [6.07, 6.45) is 0.118. The van der Waals surface area contributed by atoms with E-state index in [0.717, 1.165) is 0 Å². The van der Waals surface area contributed by atoms with Gasteiger partial charge in [0.15, 0.2) is 0 Å². The second-order valence-corrected chi connectivity index (χ2v) is 6.01. The van der Waals surface area contributed by atoms with Crippen LogP contribution in [0.3, 0.4) is 0 Å². The van der Waals surface area contributed by atoms with E-state index in [1.165, 1.54) is 4.68 Å². The van der Waals surface area contributed by atoms with Crippen molar-refractivity contribution in [2.75, 3.05) is 18.8 Å². The third-order valence-corrected chi connectivity index (χ3v) is 2.79. The predicted octanol–water partition coefficient (Wildman–Crippen LogP) is 0.955. The molecule has 0 bridgehead atoms. The first-order valence-corrected chi connectivity index (χ1v) is 7.16. The molecule has 0 saturated heterocycles. The van der Waals surface area contributed by atoms with Crippen LogP contribution in [0, 0.1) is 6.92 Å². The Balaban J connectivity index is 2.30. The Morgan fingerprint density at radius 3 is 2.36 bits per heavy atom. The van der Waals surface area contributed by atoms with Crippen LogP contribution in [0.15, 0.2) is 0 Å². The lowest BCUT2D eigenvalue weighted by molar-refractivity contribution is 0.0527. The number of nitrogens with two attached hydrogens (primary N) is 1. The van der Waals surface area contributed by atoms with Crippen LogP contribution >= 0.6 is 0 Å². The highest BCUT2D eigenvalue weighted by molar-refractivity contribution is 5.97. The fourth-order valence-corrected chi connectivity index (χ4v) is 1.82. The number of aromatic nitrogens is 2. The molecule has 8 nitrogen and oxygen atoms in total. The van der Waals surface area contributed by atoms with Gasteiger partial charge in [0.25, 0.3) is 5.91 Å². The lowest BCUT2D eigenvalue weighted by atomic mass is 10.2. The van der Waals surface area contributed by atoms with Crippen LogP contribution in [0.4, 0.5) is 10.5 Å². The van der Waals surface area contributed by atoms with Crippen LogP contribution in [0.5, 0.6) is 0 Å². The van der Waals surface area contributed by atoms with Crippen LogP contribution in [-0.2, 0) is 11.8 Å². The van der Waals surface area contributed by atoms with E-state index in [4.69, 9.17) is 10.5 Å². The normalized spacial score (nSPS) is 11.1. The largest absolute Gasteiger partial charge is 0.444 e. The number of ether oxygens (including phenoxy) is 1. The van der Waals surface area contributed by atoms with Crippen molar-refractivity contribution in [3.63, 3.8) is 0 Å².